The second-order valence-electron chi connectivity index (χ2n) is 4.21. The predicted molar refractivity (Wildman–Crippen MR) is 67.0 cm³/mol. The van der Waals surface area contributed by atoms with E-state index in [1.807, 2.05) is 19.1 Å². The van der Waals surface area contributed by atoms with Gasteiger partial charge in [0, 0.05) is 37.9 Å². The van der Waals surface area contributed by atoms with Crippen LogP contribution in [0.5, 0.6) is 0 Å². The van der Waals surface area contributed by atoms with E-state index in [-0.39, 0.29) is 6.03 Å². The molecule has 0 aliphatic carbocycles. The van der Waals surface area contributed by atoms with Crippen LogP contribution in [0.3, 0.4) is 0 Å². The molecule has 1 aliphatic rings. The van der Waals surface area contributed by atoms with E-state index in [0.717, 1.165) is 24.5 Å². The molecular formula is C12H18N4O. The van der Waals surface area contributed by atoms with Crippen molar-refractivity contribution in [2.45, 2.75) is 13.5 Å². The Balaban J connectivity index is 2.31. The molecule has 5 nitrogen and oxygen atoms in total. The molecule has 2 heterocycles. The third-order valence-electron chi connectivity index (χ3n) is 2.84. The van der Waals surface area contributed by atoms with Crippen molar-refractivity contribution in [3.05, 3.63) is 23.9 Å². The number of fused-ring (bicyclic) bond motifs is 1. The molecule has 0 bridgehead atoms. The van der Waals surface area contributed by atoms with Gasteiger partial charge < -0.3 is 10.2 Å². The number of amides is 2. The highest BCUT2D eigenvalue weighted by molar-refractivity contribution is 5.91. The van der Waals surface area contributed by atoms with Gasteiger partial charge in [0.1, 0.15) is 5.82 Å². The third kappa shape index (κ3) is 2.55. The number of aromatic nitrogens is 1. The highest BCUT2D eigenvalue weighted by atomic mass is 16.2. The second kappa shape index (κ2) is 5.14. The standard InChI is InChI=1S/C12H18N4O/c1-3-13-12(17)16-8-7-15(2)9-10-5-4-6-14-11(10)16/h4-6H,3,7-9H2,1-2H3,(H,13,17). The fourth-order valence-electron chi connectivity index (χ4n) is 1.99. The number of anilines is 1. The van der Waals surface area contributed by atoms with Gasteiger partial charge in [-0.3, -0.25) is 4.90 Å². The highest BCUT2D eigenvalue weighted by Crippen LogP contribution is 2.21. The third-order valence-corrected chi connectivity index (χ3v) is 2.84. The SMILES string of the molecule is CCNC(=O)N1CCN(C)Cc2cccnc21. The number of nitrogens with zero attached hydrogens (tertiary/aromatic N) is 3. The van der Waals surface area contributed by atoms with Gasteiger partial charge in [-0.15, -0.1) is 0 Å². The van der Waals surface area contributed by atoms with Crippen LogP contribution in [0.4, 0.5) is 10.6 Å². The Bertz CT molecular complexity index is 407. The average molecular weight is 234 g/mol. The molecule has 1 aromatic heterocycles. The summed E-state index contributed by atoms with van der Waals surface area (Å²) in [4.78, 5) is 20.2. The molecule has 1 aromatic rings. The molecule has 2 amide bonds. The Morgan fingerprint density at radius 1 is 1.53 bits per heavy atom. The average Bonchev–Trinajstić information content (AvgIpc) is 2.47. The second-order valence-corrected chi connectivity index (χ2v) is 4.21. The lowest BCUT2D eigenvalue weighted by molar-refractivity contribution is 0.245. The number of likely N-dealkylation sites (N-methyl/N-ethyl adjacent to an activating group) is 1. The largest absolute Gasteiger partial charge is 0.338 e. The Morgan fingerprint density at radius 3 is 3.12 bits per heavy atom. The van der Waals surface area contributed by atoms with E-state index in [1.54, 1.807) is 11.1 Å². The highest BCUT2D eigenvalue weighted by Gasteiger charge is 2.23. The molecule has 0 spiro atoms. The molecule has 1 N–H and O–H groups in total. The minimum atomic E-state index is -0.0669. The van der Waals surface area contributed by atoms with Gasteiger partial charge in [-0.2, -0.15) is 0 Å². The summed E-state index contributed by atoms with van der Waals surface area (Å²) in [7, 11) is 2.05. The van der Waals surface area contributed by atoms with Gasteiger partial charge in [0.2, 0.25) is 0 Å². The topological polar surface area (TPSA) is 48.5 Å². The first-order valence-electron chi connectivity index (χ1n) is 5.90. The van der Waals surface area contributed by atoms with E-state index in [9.17, 15) is 4.79 Å². The fourth-order valence-corrected chi connectivity index (χ4v) is 1.99. The van der Waals surface area contributed by atoms with Crippen molar-refractivity contribution >= 4 is 11.8 Å². The van der Waals surface area contributed by atoms with Crippen LogP contribution in [0, 0.1) is 0 Å². The molecule has 0 saturated heterocycles. The van der Waals surface area contributed by atoms with E-state index >= 15 is 0 Å². The quantitative estimate of drug-likeness (QED) is 0.790. The van der Waals surface area contributed by atoms with Crippen LogP contribution in [0.2, 0.25) is 0 Å². The summed E-state index contributed by atoms with van der Waals surface area (Å²) in [6.45, 7) is 4.91. The molecule has 1 aliphatic heterocycles. The first-order valence-corrected chi connectivity index (χ1v) is 5.90. The predicted octanol–water partition coefficient (Wildman–Crippen LogP) is 1.06. The van der Waals surface area contributed by atoms with Crippen LogP contribution in [0.25, 0.3) is 0 Å². The van der Waals surface area contributed by atoms with Gasteiger partial charge in [0.15, 0.2) is 0 Å². The van der Waals surface area contributed by atoms with Gasteiger partial charge in [0.25, 0.3) is 0 Å². The molecular weight excluding hydrogens is 216 g/mol. The normalized spacial score (nSPS) is 16.2. The lowest BCUT2D eigenvalue weighted by Gasteiger charge is -2.21. The molecule has 0 atom stereocenters. The zero-order chi connectivity index (χ0) is 12.3. The maximum absolute atomic E-state index is 12.0. The zero-order valence-electron chi connectivity index (χ0n) is 10.3. The van der Waals surface area contributed by atoms with Crippen LogP contribution < -0.4 is 10.2 Å². The molecule has 17 heavy (non-hydrogen) atoms. The molecule has 0 fully saturated rings. The summed E-state index contributed by atoms with van der Waals surface area (Å²) >= 11 is 0. The number of pyridine rings is 1. The van der Waals surface area contributed by atoms with E-state index < -0.39 is 0 Å². The number of rotatable bonds is 1. The number of carbonyl (C=O) groups excluding carboxylic acids is 1. The minimum absolute atomic E-state index is 0.0669. The van der Waals surface area contributed by atoms with Gasteiger partial charge in [-0.25, -0.2) is 9.78 Å². The Labute approximate surface area is 101 Å². The van der Waals surface area contributed by atoms with Crippen molar-refractivity contribution in [1.82, 2.24) is 15.2 Å². The van der Waals surface area contributed by atoms with Crippen LogP contribution in [0.1, 0.15) is 12.5 Å². The first kappa shape index (κ1) is 11.9. The fraction of sp³-hybridized carbons (Fsp3) is 0.500. The maximum Gasteiger partial charge on any atom is 0.323 e. The molecule has 0 unspecified atom stereocenters. The Hall–Kier alpha value is -1.62. The smallest absolute Gasteiger partial charge is 0.323 e. The monoisotopic (exact) mass is 234 g/mol. The molecule has 0 aromatic carbocycles. The van der Waals surface area contributed by atoms with Crippen LogP contribution >= 0.6 is 0 Å². The lowest BCUT2D eigenvalue weighted by Crippen LogP contribution is -2.42. The summed E-state index contributed by atoms with van der Waals surface area (Å²) in [5, 5.41) is 2.83. The number of urea groups is 1. The summed E-state index contributed by atoms with van der Waals surface area (Å²) in [5.41, 5.74) is 1.10. The van der Waals surface area contributed by atoms with Crippen molar-refractivity contribution in [2.75, 3.05) is 31.6 Å². The van der Waals surface area contributed by atoms with E-state index in [0.29, 0.717) is 13.1 Å². The summed E-state index contributed by atoms with van der Waals surface area (Å²) in [5.74, 6) is 0.780. The van der Waals surface area contributed by atoms with E-state index in [2.05, 4.69) is 22.2 Å². The van der Waals surface area contributed by atoms with E-state index in [4.69, 9.17) is 0 Å². The molecule has 2 rings (SSSR count). The minimum Gasteiger partial charge on any atom is -0.338 e. The van der Waals surface area contributed by atoms with Crippen molar-refractivity contribution in [1.29, 1.82) is 0 Å². The van der Waals surface area contributed by atoms with Crippen molar-refractivity contribution in [3.8, 4) is 0 Å². The molecule has 92 valence electrons. The van der Waals surface area contributed by atoms with Crippen molar-refractivity contribution < 1.29 is 4.79 Å². The summed E-state index contributed by atoms with van der Waals surface area (Å²) in [6.07, 6.45) is 1.73. The Kier molecular flexibility index (Phi) is 3.58. The van der Waals surface area contributed by atoms with Gasteiger partial charge >= 0.3 is 6.03 Å². The van der Waals surface area contributed by atoms with E-state index in [1.165, 1.54) is 0 Å². The van der Waals surface area contributed by atoms with Gasteiger partial charge in [-0.1, -0.05) is 6.07 Å². The van der Waals surface area contributed by atoms with Crippen LogP contribution in [-0.4, -0.2) is 42.6 Å². The molecule has 0 saturated carbocycles. The van der Waals surface area contributed by atoms with Gasteiger partial charge in [0.05, 0.1) is 0 Å². The number of hydrogen-bond acceptors (Lipinski definition) is 3. The Morgan fingerprint density at radius 2 is 2.35 bits per heavy atom. The lowest BCUT2D eigenvalue weighted by atomic mass is 10.2. The number of nitrogens with one attached hydrogen (secondary N) is 1. The number of hydrogen-bond donors (Lipinski definition) is 1. The maximum atomic E-state index is 12.0. The van der Waals surface area contributed by atoms with Gasteiger partial charge in [-0.05, 0) is 20.0 Å². The summed E-state index contributed by atoms with van der Waals surface area (Å²) in [6, 6.07) is 3.87. The molecule has 0 radical (unpaired) electrons. The van der Waals surface area contributed by atoms with Crippen molar-refractivity contribution in [3.63, 3.8) is 0 Å². The summed E-state index contributed by atoms with van der Waals surface area (Å²) < 4.78 is 0. The molecule has 5 heteroatoms. The first-order chi connectivity index (χ1) is 8.22. The number of carbonyl (C=O) groups is 1. The zero-order valence-corrected chi connectivity index (χ0v) is 10.3. The van der Waals surface area contributed by atoms with Crippen LogP contribution in [0.15, 0.2) is 18.3 Å². The van der Waals surface area contributed by atoms with Crippen molar-refractivity contribution in [2.24, 2.45) is 0 Å². The van der Waals surface area contributed by atoms with Crippen LogP contribution in [-0.2, 0) is 6.54 Å².